The molecule has 0 heterocycles. The Morgan fingerprint density at radius 2 is 1.89 bits per heavy atom. The normalized spacial score (nSPS) is 12.3. The van der Waals surface area contributed by atoms with Gasteiger partial charge in [0.15, 0.2) is 0 Å². The summed E-state index contributed by atoms with van der Waals surface area (Å²) in [5, 5.41) is 17.4. The Balaban J connectivity index is 4.64. The molecule has 0 bridgehead atoms. The Morgan fingerprint density at radius 3 is 2.33 bits per heavy atom. The number of hydrogen-bond donors (Lipinski definition) is 2. The zero-order chi connectivity index (χ0) is 14.2. The Bertz CT molecular complexity index is 345. The molecule has 0 rings (SSSR count). The minimum atomic E-state index is -3.77. The number of aliphatic hydroxyl groups excluding tert-OH is 1. The lowest BCUT2D eigenvalue weighted by Gasteiger charge is -2.26. The standard InChI is InChI=1S/C9H20N2O6S/c1-10(4-3-9(13)14)18(15,16)11(5-7-12)6-8-17-2/h12H,3-8H2,1-2H3,(H,13,14). The molecule has 0 amide bonds. The number of carboxylic acids is 1. The van der Waals surface area contributed by atoms with E-state index in [0.29, 0.717) is 0 Å². The van der Waals surface area contributed by atoms with Crippen LogP contribution in [0.2, 0.25) is 0 Å². The predicted molar refractivity (Wildman–Crippen MR) is 64.3 cm³/mol. The lowest BCUT2D eigenvalue weighted by molar-refractivity contribution is -0.137. The number of aliphatic hydroxyl groups is 1. The molecule has 0 unspecified atom stereocenters. The van der Waals surface area contributed by atoms with Crippen molar-refractivity contribution in [2.75, 3.05) is 47.0 Å². The van der Waals surface area contributed by atoms with Gasteiger partial charge in [0, 0.05) is 33.8 Å². The Morgan fingerprint density at radius 1 is 1.28 bits per heavy atom. The van der Waals surface area contributed by atoms with Gasteiger partial charge in [-0.15, -0.1) is 0 Å². The number of rotatable bonds is 10. The van der Waals surface area contributed by atoms with Crippen molar-refractivity contribution < 1.29 is 28.2 Å². The highest BCUT2D eigenvalue weighted by Crippen LogP contribution is 2.06. The van der Waals surface area contributed by atoms with Crippen LogP contribution < -0.4 is 0 Å². The van der Waals surface area contributed by atoms with Crippen molar-refractivity contribution in [1.29, 1.82) is 0 Å². The summed E-state index contributed by atoms with van der Waals surface area (Å²) < 4.78 is 30.9. The second-order valence-corrected chi connectivity index (χ2v) is 5.62. The molecule has 0 aromatic rings. The highest BCUT2D eigenvalue weighted by Gasteiger charge is 2.26. The van der Waals surface area contributed by atoms with Crippen LogP contribution in [0.15, 0.2) is 0 Å². The van der Waals surface area contributed by atoms with E-state index in [0.717, 1.165) is 8.61 Å². The van der Waals surface area contributed by atoms with Gasteiger partial charge >= 0.3 is 5.97 Å². The van der Waals surface area contributed by atoms with E-state index in [-0.39, 0.29) is 39.3 Å². The maximum absolute atomic E-state index is 12.0. The molecule has 108 valence electrons. The zero-order valence-corrected chi connectivity index (χ0v) is 11.4. The van der Waals surface area contributed by atoms with Crippen molar-refractivity contribution >= 4 is 16.2 Å². The fourth-order valence-electron chi connectivity index (χ4n) is 1.21. The molecule has 0 saturated carbocycles. The number of nitrogens with zero attached hydrogens (tertiary/aromatic N) is 2. The summed E-state index contributed by atoms with van der Waals surface area (Å²) in [5.74, 6) is -1.07. The van der Waals surface area contributed by atoms with Crippen LogP contribution in [-0.2, 0) is 19.7 Å². The van der Waals surface area contributed by atoms with E-state index in [1.54, 1.807) is 0 Å². The molecule has 0 saturated heterocycles. The molecular weight excluding hydrogens is 264 g/mol. The molecule has 0 aromatic heterocycles. The first-order valence-corrected chi connectivity index (χ1v) is 6.79. The third kappa shape index (κ3) is 5.74. The van der Waals surface area contributed by atoms with Crippen LogP contribution in [0.5, 0.6) is 0 Å². The van der Waals surface area contributed by atoms with Crippen LogP contribution >= 0.6 is 0 Å². The topological polar surface area (TPSA) is 107 Å². The second-order valence-electron chi connectivity index (χ2n) is 3.59. The van der Waals surface area contributed by atoms with Gasteiger partial charge in [0.1, 0.15) is 0 Å². The van der Waals surface area contributed by atoms with E-state index in [1.807, 2.05) is 0 Å². The highest BCUT2D eigenvalue weighted by molar-refractivity contribution is 7.86. The van der Waals surface area contributed by atoms with Gasteiger partial charge in [-0.3, -0.25) is 4.79 Å². The smallest absolute Gasteiger partial charge is 0.304 e. The van der Waals surface area contributed by atoms with Gasteiger partial charge in [-0.2, -0.15) is 17.0 Å². The van der Waals surface area contributed by atoms with Crippen LogP contribution in [0, 0.1) is 0 Å². The summed E-state index contributed by atoms with van der Waals surface area (Å²) in [6.45, 7) is -0.172. The third-order valence-electron chi connectivity index (χ3n) is 2.25. The average molecular weight is 284 g/mol. The molecule has 0 radical (unpaired) electrons. The molecule has 0 aliphatic carbocycles. The molecule has 0 fully saturated rings. The Labute approximate surface area is 107 Å². The summed E-state index contributed by atoms with van der Waals surface area (Å²) in [4.78, 5) is 10.4. The third-order valence-corrected chi connectivity index (χ3v) is 4.24. The molecular formula is C9H20N2O6S. The van der Waals surface area contributed by atoms with Crippen molar-refractivity contribution in [3.8, 4) is 0 Å². The summed E-state index contributed by atoms with van der Waals surface area (Å²) in [5.41, 5.74) is 0. The van der Waals surface area contributed by atoms with Crippen molar-refractivity contribution in [3.05, 3.63) is 0 Å². The van der Waals surface area contributed by atoms with Gasteiger partial charge in [-0.25, -0.2) is 0 Å². The zero-order valence-electron chi connectivity index (χ0n) is 10.6. The average Bonchev–Trinajstić information content (AvgIpc) is 2.30. The molecule has 0 aliphatic heterocycles. The fourth-order valence-corrected chi connectivity index (χ4v) is 2.55. The lowest BCUT2D eigenvalue weighted by atomic mass is 10.4. The van der Waals surface area contributed by atoms with Crippen LogP contribution in [0.4, 0.5) is 0 Å². The minimum Gasteiger partial charge on any atom is -0.481 e. The molecule has 0 spiro atoms. The van der Waals surface area contributed by atoms with Gasteiger partial charge in [-0.05, 0) is 0 Å². The Hall–Kier alpha value is -0.740. The van der Waals surface area contributed by atoms with E-state index in [4.69, 9.17) is 14.9 Å². The SMILES string of the molecule is COCCN(CCO)S(=O)(=O)N(C)CCC(=O)O. The maximum Gasteiger partial charge on any atom is 0.304 e. The van der Waals surface area contributed by atoms with E-state index in [2.05, 4.69) is 0 Å². The van der Waals surface area contributed by atoms with E-state index >= 15 is 0 Å². The summed E-state index contributed by atoms with van der Waals surface area (Å²) in [6, 6.07) is 0. The van der Waals surface area contributed by atoms with Crippen molar-refractivity contribution in [3.63, 3.8) is 0 Å². The number of methoxy groups -OCH3 is 1. The summed E-state index contributed by atoms with van der Waals surface area (Å²) in [7, 11) is -1.02. The molecule has 18 heavy (non-hydrogen) atoms. The molecule has 2 N–H and O–H groups in total. The monoisotopic (exact) mass is 284 g/mol. The fraction of sp³-hybridized carbons (Fsp3) is 0.889. The minimum absolute atomic E-state index is 0.0525. The first-order chi connectivity index (χ1) is 8.36. The highest BCUT2D eigenvalue weighted by atomic mass is 32.2. The first-order valence-electron chi connectivity index (χ1n) is 5.39. The maximum atomic E-state index is 12.0. The van der Waals surface area contributed by atoms with Crippen molar-refractivity contribution in [1.82, 2.24) is 8.61 Å². The van der Waals surface area contributed by atoms with Crippen LogP contribution in [0.1, 0.15) is 6.42 Å². The number of hydrogen-bond acceptors (Lipinski definition) is 5. The van der Waals surface area contributed by atoms with Crippen molar-refractivity contribution in [2.24, 2.45) is 0 Å². The first kappa shape index (κ1) is 17.3. The largest absolute Gasteiger partial charge is 0.481 e. The Kier molecular flexibility index (Phi) is 8.03. The van der Waals surface area contributed by atoms with E-state index in [9.17, 15) is 13.2 Å². The number of carbonyl (C=O) groups is 1. The molecule has 0 atom stereocenters. The van der Waals surface area contributed by atoms with Crippen LogP contribution in [0.25, 0.3) is 0 Å². The van der Waals surface area contributed by atoms with Crippen LogP contribution in [-0.4, -0.2) is 80.2 Å². The van der Waals surface area contributed by atoms with E-state index in [1.165, 1.54) is 14.2 Å². The summed E-state index contributed by atoms with van der Waals surface area (Å²) >= 11 is 0. The predicted octanol–water partition coefficient (Wildman–Crippen LogP) is -1.42. The summed E-state index contributed by atoms with van der Waals surface area (Å²) in [6.07, 6.45) is -0.271. The van der Waals surface area contributed by atoms with Gasteiger partial charge in [0.2, 0.25) is 0 Å². The van der Waals surface area contributed by atoms with Gasteiger partial charge in [0.25, 0.3) is 10.2 Å². The number of carboxylic acid groups (broad SMARTS) is 1. The van der Waals surface area contributed by atoms with Gasteiger partial charge in [-0.1, -0.05) is 0 Å². The van der Waals surface area contributed by atoms with E-state index < -0.39 is 16.2 Å². The molecule has 0 aliphatic rings. The quantitative estimate of drug-likeness (QED) is 0.510. The number of ether oxygens (including phenoxy) is 1. The number of aliphatic carboxylic acids is 1. The second kappa shape index (κ2) is 8.38. The van der Waals surface area contributed by atoms with Crippen LogP contribution in [0.3, 0.4) is 0 Å². The lowest BCUT2D eigenvalue weighted by Crippen LogP contribution is -2.45. The molecule has 0 aromatic carbocycles. The molecule has 8 nitrogen and oxygen atoms in total. The molecule has 9 heteroatoms. The van der Waals surface area contributed by atoms with Crippen molar-refractivity contribution in [2.45, 2.75) is 6.42 Å². The van der Waals surface area contributed by atoms with Gasteiger partial charge in [0.05, 0.1) is 19.6 Å². The van der Waals surface area contributed by atoms with Gasteiger partial charge < -0.3 is 14.9 Å².